The Balaban J connectivity index is 1.43. The summed E-state index contributed by atoms with van der Waals surface area (Å²) in [7, 11) is -2.34. The number of hydrogen-bond acceptors (Lipinski definition) is 5. The number of urea groups is 1. The van der Waals surface area contributed by atoms with Crippen molar-refractivity contribution in [2.75, 3.05) is 18.5 Å². The highest BCUT2D eigenvalue weighted by atomic mass is 32.2. The van der Waals surface area contributed by atoms with E-state index in [9.17, 15) is 14.1 Å². The van der Waals surface area contributed by atoms with Crippen molar-refractivity contribution in [3.05, 3.63) is 34.5 Å². The van der Waals surface area contributed by atoms with Crippen LogP contribution in [0.2, 0.25) is 0 Å². The molecule has 1 aromatic heterocycles. The number of hydrogen-bond donors (Lipinski definition) is 3. The van der Waals surface area contributed by atoms with E-state index in [-0.39, 0.29) is 24.2 Å². The SMILES string of the molecule is O=C(N=[SH](=O)c1cnn2c1OC[C@H]2CO)Nc1c2c(cc3c1CCC3)CCC2. The smallest absolute Gasteiger partial charge is 0.353 e. The van der Waals surface area contributed by atoms with Crippen molar-refractivity contribution in [2.45, 2.75) is 49.5 Å². The molecule has 3 aliphatic rings. The van der Waals surface area contributed by atoms with Crippen LogP contribution >= 0.6 is 0 Å². The monoisotopic (exact) mass is 402 g/mol. The van der Waals surface area contributed by atoms with Gasteiger partial charge in [0.15, 0.2) is 0 Å². The molecule has 2 N–H and O–H groups in total. The van der Waals surface area contributed by atoms with Crippen molar-refractivity contribution in [1.29, 1.82) is 0 Å². The van der Waals surface area contributed by atoms with Gasteiger partial charge < -0.3 is 15.2 Å². The molecule has 2 aliphatic carbocycles. The van der Waals surface area contributed by atoms with Crippen molar-refractivity contribution < 1.29 is 18.8 Å². The van der Waals surface area contributed by atoms with Crippen molar-refractivity contribution >= 4 is 22.3 Å². The maximum absolute atomic E-state index is 12.7. The van der Waals surface area contributed by atoms with E-state index < -0.39 is 16.6 Å². The maximum Gasteiger partial charge on any atom is 0.353 e. The Morgan fingerprint density at radius 2 is 2.00 bits per heavy atom. The number of carbonyl (C=O) groups excluding carboxylic acids is 1. The quantitative estimate of drug-likeness (QED) is 0.682. The Kier molecular flexibility index (Phi) is 4.36. The molecule has 5 rings (SSSR count). The Labute approximate surface area is 164 Å². The first-order chi connectivity index (χ1) is 13.7. The van der Waals surface area contributed by atoms with E-state index in [1.54, 1.807) is 0 Å². The summed E-state index contributed by atoms with van der Waals surface area (Å²) in [6.45, 7) is 0.150. The number of amides is 2. The molecule has 0 radical (unpaired) electrons. The van der Waals surface area contributed by atoms with Crippen LogP contribution in [-0.4, -0.2) is 38.3 Å². The molecule has 8 nitrogen and oxygen atoms in total. The highest BCUT2D eigenvalue weighted by Gasteiger charge is 2.28. The van der Waals surface area contributed by atoms with Crippen LogP contribution in [0.25, 0.3) is 0 Å². The molecule has 1 aromatic carbocycles. The second-order valence-corrected chi connectivity index (χ2v) is 8.69. The van der Waals surface area contributed by atoms with Crippen LogP contribution in [0.3, 0.4) is 0 Å². The fourth-order valence-electron chi connectivity index (χ4n) is 4.48. The van der Waals surface area contributed by atoms with Crippen LogP contribution in [0.1, 0.15) is 41.1 Å². The van der Waals surface area contributed by atoms with Gasteiger partial charge in [0.25, 0.3) is 0 Å². The lowest BCUT2D eigenvalue weighted by molar-refractivity contribution is 0.206. The first-order valence-corrected chi connectivity index (χ1v) is 10.8. The molecule has 28 heavy (non-hydrogen) atoms. The highest BCUT2D eigenvalue weighted by molar-refractivity contribution is 7.75. The minimum absolute atomic E-state index is 0.118. The summed E-state index contributed by atoms with van der Waals surface area (Å²) in [6.07, 6.45) is 7.59. The summed E-state index contributed by atoms with van der Waals surface area (Å²) >= 11 is 0. The third-order valence-corrected chi connectivity index (χ3v) is 6.88. The van der Waals surface area contributed by atoms with Crippen LogP contribution in [0.15, 0.2) is 21.5 Å². The van der Waals surface area contributed by atoms with Crippen LogP contribution in [0, 0.1) is 0 Å². The Morgan fingerprint density at radius 3 is 2.68 bits per heavy atom. The zero-order chi connectivity index (χ0) is 19.3. The van der Waals surface area contributed by atoms with Gasteiger partial charge in [-0.2, -0.15) is 5.10 Å². The first-order valence-electron chi connectivity index (χ1n) is 9.63. The molecule has 1 unspecified atom stereocenters. The lowest BCUT2D eigenvalue weighted by Crippen LogP contribution is -2.12. The summed E-state index contributed by atoms with van der Waals surface area (Å²) in [5.74, 6) is 0.318. The largest absolute Gasteiger partial charge is 0.475 e. The Hall–Kier alpha value is -2.39. The Morgan fingerprint density at radius 1 is 1.29 bits per heavy atom. The fraction of sp³-hybridized carbons (Fsp3) is 0.474. The van der Waals surface area contributed by atoms with Gasteiger partial charge in [-0.1, -0.05) is 6.07 Å². The zero-order valence-electron chi connectivity index (χ0n) is 15.3. The zero-order valence-corrected chi connectivity index (χ0v) is 16.2. The second-order valence-electron chi connectivity index (χ2n) is 7.46. The molecule has 0 saturated heterocycles. The molecule has 148 valence electrons. The van der Waals surface area contributed by atoms with Gasteiger partial charge in [-0.25, -0.2) is 13.7 Å². The minimum atomic E-state index is -2.34. The molecular formula is C19H22N4O4S. The van der Waals surface area contributed by atoms with E-state index in [4.69, 9.17) is 4.74 Å². The standard InChI is InChI=1S/C19H22N4O4S/c24-9-13-10-27-18-16(8-20-23(13)18)28(26)22-19(25)21-17-14-5-1-3-11(14)7-12-4-2-6-15(12)17/h7-8,13,24,28H,1-6,9-10H2,(H,21,25)/t13-/m1/s1. The van der Waals surface area contributed by atoms with Gasteiger partial charge in [0.2, 0.25) is 5.88 Å². The average molecular weight is 402 g/mol. The molecular weight excluding hydrogens is 380 g/mol. The van der Waals surface area contributed by atoms with Crippen LogP contribution in [0.4, 0.5) is 10.5 Å². The van der Waals surface area contributed by atoms with Crippen LogP contribution in [-0.2, 0) is 36.3 Å². The van der Waals surface area contributed by atoms with E-state index in [2.05, 4.69) is 20.8 Å². The number of ether oxygens (including phenoxy) is 1. The predicted molar refractivity (Wildman–Crippen MR) is 104 cm³/mol. The fourth-order valence-corrected chi connectivity index (χ4v) is 5.29. The Bertz CT molecular complexity index is 1020. The normalized spacial score (nSPS) is 20.5. The van der Waals surface area contributed by atoms with Gasteiger partial charge in [0, 0.05) is 5.69 Å². The highest BCUT2D eigenvalue weighted by Crippen LogP contribution is 2.38. The maximum atomic E-state index is 12.7. The van der Waals surface area contributed by atoms with Crippen molar-refractivity contribution in [3.63, 3.8) is 0 Å². The molecule has 0 spiro atoms. The van der Waals surface area contributed by atoms with E-state index in [0.717, 1.165) is 44.2 Å². The third kappa shape index (κ3) is 2.80. The van der Waals surface area contributed by atoms with E-state index >= 15 is 0 Å². The number of rotatable bonds is 3. The number of aromatic nitrogens is 2. The van der Waals surface area contributed by atoms with Gasteiger partial charge in [0.1, 0.15) is 17.5 Å². The van der Waals surface area contributed by atoms with Crippen molar-refractivity contribution in [3.8, 4) is 5.88 Å². The molecule has 0 bridgehead atoms. The summed E-state index contributed by atoms with van der Waals surface area (Å²) in [6, 6.07) is 1.39. The molecule has 2 heterocycles. The number of thiol groups is 1. The number of nitrogens with zero attached hydrogens (tertiary/aromatic N) is 3. The lowest BCUT2D eigenvalue weighted by atomic mass is 9.99. The van der Waals surface area contributed by atoms with E-state index in [0.29, 0.717) is 5.88 Å². The van der Waals surface area contributed by atoms with Crippen molar-refractivity contribution in [2.24, 2.45) is 4.36 Å². The average Bonchev–Trinajstić information content (AvgIpc) is 3.44. The topological polar surface area (TPSA) is 106 Å². The summed E-state index contributed by atoms with van der Waals surface area (Å²) in [4.78, 5) is 12.9. The molecule has 1 aliphatic heterocycles. The number of carbonyl (C=O) groups is 1. The van der Waals surface area contributed by atoms with Crippen LogP contribution < -0.4 is 10.1 Å². The van der Waals surface area contributed by atoms with Crippen LogP contribution in [0.5, 0.6) is 5.88 Å². The third-order valence-electron chi connectivity index (χ3n) is 5.79. The number of aliphatic hydroxyl groups is 1. The molecule has 2 atom stereocenters. The van der Waals surface area contributed by atoms with Gasteiger partial charge in [-0.05, 0) is 60.8 Å². The van der Waals surface area contributed by atoms with E-state index in [1.807, 2.05) is 0 Å². The number of aliphatic hydroxyl groups excluding tert-OH is 1. The number of nitrogens with one attached hydrogen (secondary N) is 1. The van der Waals surface area contributed by atoms with Gasteiger partial charge >= 0.3 is 6.03 Å². The second kappa shape index (κ2) is 6.89. The van der Waals surface area contributed by atoms with Gasteiger partial charge in [0.05, 0.1) is 23.4 Å². The molecule has 9 heteroatoms. The number of anilines is 1. The number of fused-ring (bicyclic) bond motifs is 3. The molecule has 0 saturated carbocycles. The summed E-state index contributed by atoms with van der Waals surface area (Å²) in [5.41, 5.74) is 5.94. The van der Waals surface area contributed by atoms with Crippen molar-refractivity contribution in [1.82, 2.24) is 9.78 Å². The van der Waals surface area contributed by atoms with Gasteiger partial charge in [-0.3, -0.25) is 0 Å². The molecule has 2 aromatic rings. The molecule has 2 amide bonds. The molecule has 0 fully saturated rings. The van der Waals surface area contributed by atoms with Gasteiger partial charge in [-0.15, -0.1) is 4.36 Å². The minimum Gasteiger partial charge on any atom is -0.475 e. The predicted octanol–water partition coefficient (Wildman–Crippen LogP) is 2.04. The number of benzene rings is 1. The van der Waals surface area contributed by atoms with E-state index in [1.165, 1.54) is 33.1 Å². The summed E-state index contributed by atoms with van der Waals surface area (Å²) in [5, 5.41) is 16.4. The summed E-state index contributed by atoms with van der Waals surface area (Å²) < 4.78 is 23.5. The lowest BCUT2D eigenvalue weighted by Gasteiger charge is -2.14. The number of aryl methyl sites for hydroxylation is 2. The first kappa shape index (κ1) is 17.7.